The normalized spacial score (nSPS) is 32.8. The van der Waals surface area contributed by atoms with E-state index in [2.05, 4.69) is 24.1 Å². The molecule has 0 aromatic rings. The molecule has 0 radical (unpaired) electrons. The lowest BCUT2D eigenvalue weighted by Crippen LogP contribution is -2.52. The predicted octanol–water partition coefficient (Wildman–Crippen LogP) is 2.44. The van der Waals surface area contributed by atoms with Crippen LogP contribution in [0.4, 0.5) is 0 Å². The van der Waals surface area contributed by atoms with Crippen LogP contribution in [0.3, 0.4) is 0 Å². The lowest BCUT2D eigenvalue weighted by Gasteiger charge is -2.36. The van der Waals surface area contributed by atoms with Crippen molar-refractivity contribution in [1.82, 2.24) is 10.2 Å². The molecular formula is C14H27ClN2O. The molecule has 3 nitrogen and oxygen atoms in total. The van der Waals surface area contributed by atoms with Gasteiger partial charge in [0.05, 0.1) is 0 Å². The van der Waals surface area contributed by atoms with Crippen LogP contribution in [0.1, 0.15) is 46.0 Å². The Kier molecular flexibility index (Phi) is 6.44. The van der Waals surface area contributed by atoms with E-state index in [9.17, 15) is 4.79 Å². The Hall–Kier alpha value is -0.280. The van der Waals surface area contributed by atoms with Crippen molar-refractivity contribution in [3.63, 3.8) is 0 Å². The van der Waals surface area contributed by atoms with Gasteiger partial charge in [-0.3, -0.25) is 4.79 Å². The third-order valence-corrected chi connectivity index (χ3v) is 4.33. The monoisotopic (exact) mass is 274 g/mol. The van der Waals surface area contributed by atoms with Gasteiger partial charge in [-0.2, -0.15) is 0 Å². The summed E-state index contributed by atoms with van der Waals surface area (Å²) >= 11 is 0. The number of halogens is 1. The van der Waals surface area contributed by atoms with Crippen LogP contribution in [0.2, 0.25) is 0 Å². The van der Waals surface area contributed by atoms with Crippen molar-refractivity contribution < 1.29 is 4.79 Å². The number of nitrogens with zero attached hydrogens (tertiary/aromatic N) is 1. The smallest absolute Gasteiger partial charge is 0.223 e. The first-order valence-corrected chi connectivity index (χ1v) is 7.17. The highest BCUT2D eigenvalue weighted by Gasteiger charge is 2.27. The van der Waals surface area contributed by atoms with E-state index in [4.69, 9.17) is 0 Å². The van der Waals surface area contributed by atoms with Gasteiger partial charge in [0.25, 0.3) is 0 Å². The molecule has 2 aliphatic rings. The average Bonchev–Trinajstić information content (AvgIpc) is 2.29. The summed E-state index contributed by atoms with van der Waals surface area (Å²) in [5.74, 6) is 1.86. The second-order valence-corrected chi connectivity index (χ2v) is 5.98. The van der Waals surface area contributed by atoms with Crippen LogP contribution in [0.25, 0.3) is 0 Å². The van der Waals surface area contributed by atoms with Gasteiger partial charge in [-0.25, -0.2) is 0 Å². The van der Waals surface area contributed by atoms with E-state index in [1.807, 2.05) is 0 Å². The number of rotatable bonds is 2. The van der Waals surface area contributed by atoms with Crippen molar-refractivity contribution in [2.45, 2.75) is 52.0 Å². The molecule has 0 bridgehead atoms. The number of carbonyl (C=O) groups is 1. The third-order valence-electron chi connectivity index (χ3n) is 4.33. The summed E-state index contributed by atoms with van der Waals surface area (Å²) in [5.41, 5.74) is 0. The van der Waals surface area contributed by atoms with Crippen LogP contribution in [0.15, 0.2) is 0 Å². The Bertz CT molecular complexity index is 273. The highest BCUT2D eigenvalue weighted by atomic mass is 35.5. The second-order valence-electron chi connectivity index (χ2n) is 5.98. The molecule has 1 aliphatic heterocycles. The topological polar surface area (TPSA) is 32.3 Å². The van der Waals surface area contributed by atoms with Gasteiger partial charge in [0.2, 0.25) is 5.91 Å². The van der Waals surface area contributed by atoms with Crippen LogP contribution < -0.4 is 5.32 Å². The molecule has 3 unspecified atom stereocenters. The van der Waals surface area contributed by atoms with Gasteiger partial charge in [0, 0.05) is 32.1 Å². The Morgan fingerprint density at radius 2 is 2.11 bits per heavy atom. The Morgan fingerprint density at radius 1 is 1.33 bits per heavy atom. The van der Waals surface area contributed by atoms with Crippen molar-refractivity contribution in [3.05, 3.63) is 0 Å². The lowest BCUT2D eigenvalue weighted by molar-refractivity contribution is -0.135. The summed E-state index contributed by atoms with van der Waals surface area (Å²) in [4.78, 5) is 14.4. The molecule has 2 rings (SSSR count). The number of piperazine rings is 1. The maximum absolute atomic E-state index is 12.3. The summed E-state index contributed by atoms with van der Waals surface area (Å²) in [6.45, 7) is 7.27. The molecule has 0 aromatic carbocycles. The predicted molar refractivity (Wildman–Crippen MR) is 77.0 cm³/mol. The van der Waals surface area contributed by atoms with Gasteiger partial charge in [0.15, 0.2) is 0 Å². The quantitative estimate of drug-likeness (QED) is 0.839. The van der Waals surface area contributed by atoms with Crippen molar-refractivity contribution >= 4 is 18.3 Å². The largest absolute Gasteiger partial charge is 0.337 e. The standard InChI is InChI=1S/C14H26N2O.ClH/c1-11-4-3-5-13(8-11)9-14(17)16-7-6-15-10-12(16)2;/h11-13,15H,3-10H2,1-2H3;1H. The van der Waals surface area contributed by atoms with Crippen molar-refractivity contribution in [1.29, 1.82) is 0 Å². The molecule has 1 amide bonds. The van der Waals surface area contributed by atoms with Gasteiger partial charge in [-0.05, 0) is 31.6 Å². The summed E-state index contributed by atoms with van der Waals surface area (Å²) in [5, 5.41) is 3.34. The van der Waals surface area contributed by atoms with E-state index in [0.717, 1.165) is 32.0 Å². The van der Waals surface area contributed by atoms with Crippen LogP contribution in [0, 0.1) is 11.8 Å². The van der Waals surface area contributed by atoms with E-state index in [1.165, 1.54) is 25.7 Å². The molecule has 1 N–H and O–H groups in total. The van der Waals surface area contributed by atoms with E-state index in [-0.39, 0.29) is 12.4 Å². The number of nitrogens with one attached hydrogen (secondary N) is 1. The van der Waals surface area contributed by atoms with E-state index in [0.29, 0.717) is 17.9 Å². The van der Waals surface area contributed by atoms with Gasteiger partial charge in [-0.1, -0.05) is 19.8 Å². The average molecular weight is 275 g/mol. The van der Waals surface area contributed by atoms with E-state index < -0.39 is 0 Å². The molecule has 4 heteroatoms. The summed E-state index contributed by atoms with van der Waals surface area (Å²) in [6, 6.07) is 0.372. The van der Waals surface area contributed by atoms with Gasteiger partial charge >= 0.3 is 0 Å². The first-order chi connectivity index (χ1) is 8.16. The maximum Gasteiger partial charge on any atom is 0.223 e. The minimum Gasteiger partial charge on any atom is -0.337 e. The van der Waals surface area contributed by atoms with Gasteiger partial charge < -0.3 is 10.2 Å². The summed E-state index contributed by atoms with van der Waals surface area (Å²) < 4.78 is 0. The number of hydrogen-bond acceptors (Lipinski definition) is 2. The number of hydrogen-bond donors (Lipinski definition) is 1. The molecular weight excluding hydrogens is 248 g/mol. The maximum atomic E-state index is 12.3. The molecule has 1 aliphatic carbocycles. The number of carbonyl (C=O) groups excluding carboxylic acids is 1. The first kappa shape index (κ1) is 15.8. The molecule has 0 spiro atoms. The molecule has 18 heavy (non-hydrogen) atoms. The molecule has 0 aromatic heterocycles. The number of amides is 1. The third kappa shape index (κ3) is 4.13. The van der Waals surface area contributed by atoms with E-state index >= 15 is 0 Å². The van der Waals surface area contributed by atoms with Gasteiger partial charge in [0.1, 0.15) is 0 Å². The Morgan fingerprint density at radius 3 is 2.78 bits per heavy atom. The fourth-order valence-corrected chi connectivity index (χ4v) is 3.32. The van der Waals surface area contributed by atoms with Gasteiger partial charge in [-0.15, -0.1) is 12.4 Å². The molecule has 1 heterocycles. The van der Waals surface area contributed by atoms with Crippen molar-refractivity contribution in [2.75, 3.05) is 19.6 Å². The summed E-state index contributed by atoms with van der Waals surface area (Å²) in [6.07, 6.45) is 5.97. The Labute approximate surface area is 117 Å². The Balaban J connectivity index is 0.00000162. The molecule has 106 valence electrons. The van der Waals surface area contributed by atoms with Crippen LogP contribution >= 0.6 is 12.4 Å². The molecule has 1 saturated carbocycles. The second kappa shape index (κ2) is 7.34. The fourth-order valence-electron chi connectivity index (χ4n) is 3.32. The first-order valence-electron chi connectivity index (χ1n) is 7.17. The fraction of sp³-hybridized carbons (Fsp3) is 0.929. The minimum absolute atomic E-state index is 0. The SMILES string of the molecule is CC1CCCC(CC(=O)N2CCNCC2C)C1.Cl. The zero-order valence-corrected chi connectivity index (χ0v) is 12.5. The molecule has 2 fully saturated rings. The molecule has 1 saturated heterocycles. The van der Waals surface area contributed by atoms with E-state index in [1.54, 1.807) is 0 Å². The van der Waals surface area contributed by atoms with Crippen LogP contribution in [0.5, 0.6) is 0 Å². The van der Waals surface area contributed by atoms with Crippen molar-refractivity contribution in [2.24, 2.45) is 11.8 Å². The van der Waals surface area contributed by atoms with Crippen LogP contribution in [-0.4, -0.2) is 36.5 Å². The van der Waals surface area contributed by atoms with Crippen molar-refractivity contribution in [3.8, 4) is 0 Å². The summed E-state index contributed by atoms with van der Waals surface area (Å²) in [7, 11) is 0. The highest BCUT2D eigenvalue weighted by Crippen LogP contribution is 2.31. The zero-order valence-electron chi connectivity index (χ0n) is 11.7. The minimum atomic E-state index is 0. The molecule has 3 atom stereocenters. The lowest BCUT2D eigenvalue weighted by atomic mass is 9.80. The zero-order chi connectivity index (χ0) is 12.3. The highest BCUT2D eigenvalue weighted by molar-refractivity contribution is 5.85. The van der Waals surface area contributed by atoms with Crippen LogP contribution in [-0.2, 0) is 4.79 Å².